The summed E-state index contributed by atoms with van der Waals surface area (Å²) in [5, 5.41) is 8.33. The zero-order chi connectivity index (χ0) is 19.4. The Kier molecular flexibility index (Phi) is 6.21. The lowest BCUT2D eigenvalue weighted by Crippen LogP contribution is -2.47. The average molecular weight is 410 g/mol. The first-order valence-corrected chi connectivity index (χ1v) is 11.7. The van der Waals surface area contributed by atoms with Gasteiger partial charge in [-0.05, 0) is 31.9 Å². The van der Waals surface area contributed by atoms with E-state index >= 15 is 0 Å². The molecule has 1 aliphatic heterocycles. The Labute approximate surface area is 163 Å². The highest BCUT2D eigenvalue weighted by Crippen LogP contribution is 2.26. The van der Waals surface area contributed by atoms with Gasteiger partial charge in [0.05, 0.1) is 17.3 Å². The Hall–Kier alpha value is -1.87. The van der Waals surface area contributed by atoms with Gasteiger partial charge in [0.2, 0.25) is 11.8 Å². The van der Waals surface area contributed by atoms with Crippen LogP contribution < -0.4 is 0 Å². The SMILES string of the molecule is CC[C@H](C)N(C(=O)CSc1nnc(-c2ccccc2)o1)[C@@H]1CCS(=O)(=O)C1. The van der Waals surface area contributed by atoms with Gasteiger partial charge >= 0.3 is 0 Å². The predicted molar refractivity (Wildman–Crippen MR) is 104 cm³/mol. The molecular formula is C18H23N3O4S2. The van der Waals surface area contributed by atoms with Gasteiger partial charge in [0.15, 0.2) is 9.84 Å². The highest BCUT2D eigenvalue weighted by molar-refractivity contribution is 7.99. The third kappa shape index (κ3) is 4.90. The van der Waals surface area contributed by atoms with Crippen molar-refractivity contribution in [3.05, 3.63) is 30.3 Å². The molecule has 1 aromatic carbocycles. The van der Waals surface area contributed by atoms with Crippen LogP contribution in [-0.4, -0.2) is 58.8 Å². The first kappa shape index (κ1) is 19.9. The third-order valence-corrected chi connectivity index (χ3v) is 7.26. The van der Waals surface area contributed by atoms with Gasteiger partial charge in [-0.3, -0.25) is 4.79 Å². The Morgan fingerprint density at radius 2 is 2.07 bits per heavy atom. The number of hydrogen-bond donors (Lipinski definition) is 0. The van der Waals surface area contributed by atoms with E-state index in [1.165, 1.54) is 11.8 Å². The minimum Gasteiger partial charge on any atom is -0.411 e. The van der Waals surface area contributed by atoms with Crippen LogP contribution in [0.4, 0.5) is 0 Å². The number of sulfone groups is 1. The smallest absolute Gasteiger partial charge is 0.277 e. The van der Waals surface area contributed by atoms with E-state index < -0.39 is 9.84 Å². The monoisotopic (exact) mass is 409 g/mol. The number of hydrogen-bond acceptors (Lipinski definition) is 7. The molecule has 1 saturated heterocycles. The van der Waals surface area contributed by atoms with E-state index in [9.17, 15) is 13.2 Å². The Balaban J connectivity index is 1.65. The van der Waals surface area contributed by atoms with Crippen LogP contribution in [0.25, 0.3) is 11.5 Å². The van der Waals surface area contributed by atoms with Crippen molar-refractivity contribution in [3.8, 4) is 11.5 Å². The molecule has 2 aromatic rings. The first-order chi connectivity index (χ1) is 12.9. The molecule has 7 nitrogen and oxygen atoms in total. The van der Waals surface area contributed by atoms with Crippen LogP contribution >= 0.6 is 11.8 Å². The number of rotatable bonds is 7. The Morgan fingerprint density at radius 1 is 1.33 bits per heavy atom. The molecule has 0 spiro atoms. The fourth-order valence-electron chi connectivity index (χ4n) is 3.16. The fourth-order valence-corrected chi connectivity index (χ4v) is 5.51. The first-order valence-electron chi connectivity index (χ1n) is 8.93. The molecule has 2 atom stereocenters. The average Bonchev–Trinajstić information content (AvgIpc) is 3.27. The molecule has 27 heavy (non-hydrogen) atoms. The van der Waals surface area contributed by atoms with Gasteiger partial charge < -0.3 is 9.32 Å². The molecule has 0 aliphatic carbocycles. The number of carbonyl (C=O) groups is 1. The topological polar surface area (TPSA) is 93.4 Å². The zero-order valence-electron chi connectivity index (χ0n) is 15.4. The van der Waals surface area contributed by atoms with Crippen LogP contribution in [0.5, 0.6) is 0 Å². The molecule has 1 fully saturated rings. The molecule has 0 bridgehead atoms. The number of nitrogens with zero attached hydrogens (tertiary/aromatic N) is 3. The third-order valence-electron chi connectivity index (χ3n) is 4.70. The number of carbonyl (C=O) groups excluding carboxylic acids is 1. The van der Waals surface area contributed by atoms with Crippen molar-refractivity contribution >= 4 is 27.5 Å². The molecule has 0 unspecified atom stereocenters. The second-order valence-electron chi connectivity index (χ2n) is 6.64. The number of benzene rings is 1. The molecule has 1 aromatic heterocycles. The molecule has 0 radical (unpaired) electrons. The van der Waals surface area contributed by atoms with E-state index in [1.54, 1.807) is 4.90 Å². The summed E-state index contributed by atoms with van der Waals surface area (Å²) in [5.74, 6) is 0.640. The summed E-state index contributed by atoms with van der Waals surface area (Å²) in [6, 6.07) is 9.15. The van der Waals surface area contributed by atoms with Gasteiger partial charge in [0.25, 0.3) is 5.22 Å². The van der Waals surface area contributed by atoms with Crippen molar-refractivity contribution in [2.75, 3.05) is 17.3 Å². The van der Waals surface area contributed by atoms with Gasteiger partial charge in [0.1, 0.15) is 0 Å². The summed E-state index contributed by atoms with van der Waals surface area (Å²) in [6.07, 6.45) is 1.27. The van der Waals surface area contributed by atoms with Crippen LogP contribution in [0.2, 0.25) is 0 Å². The summed E-state index contributed by atoms with van der Waals surface area (Å²) in [5.41, 5.74) is 0.820. The van der Waals surface area contributed by atoms with E-state index in [0.29, 0.717) is 17.5 Å². The maximum Gasteiger partial charge on any atom is 0.277 e. The summed E-state index contributed by atoms with van der Waals surface area (Å²) in [7, 11) is -3.05. The second-order valence-corrected chi connectivity index (χ2v) is 9.80. The van der Waals surface area contributed by atoms with Crippen LogP contribution in [0.1, 0.15) is 26.7 Å². The van der Waals surface area contributed by atoms with Crippen molar-refractivity contribution < 1.29 is 17.6 Å². The second kappa shape index (κ2) is 8.43. The van der Waals surface area contributed by atoms with E-state index in [4.69, 9.17) is 4.42 Å². The van der Waals surface area contributed by atoms with Gasteiger partial charge in [-0.25, -0.2) is 8.42 Å². The largest absolute Gasteiger partial charge is 0.411 e. The summed E-state index contributed by atoms with van der Waals surface area (Å²) >= 11 is 1.18. The predicted octanol–water partition coefficient (Wildman–Crippen LogP) is 2.64. The van der Waals surface area contributed by atoms with Crippen LogP contribution in [0.3, 0.4) is 0 Å². The Morgan fingerprint density at radius 3 is 2.70 bits per heavy atom. The maximum absolute atomic E-state index is 12.8. The molecule has 0 N–H and O–H groups in total. The Bertz CT molecular complexity index is 883. The lowest BCUT2D eigenvalue weighted by molar-refractivity contribution is -0.132. The van der Waals surface area contributed by atoms with Crippen molar-refractivity contribution in [3.63, 3.8) is 0 Å². The molecule has 1 amide bonds. The number of aromatic nitrogens is 2. The van der Waals surface area contributed by atoms with Crippen molar-refractivity contribution in [2.45, 2.75) is 44.0 Å². The van der Waals surface area contributed by atoms with E-state index in [0.717, 1.165) is 12.0 Å². The zero-order valence-corrected chi connectivity index (χ0v) is 17.0. The van der Waals surface area contributed by atoms with Crippen LogP contribution in [-0.2, 0) is 14.6 Å². The lowest BCUT2D eigenvalue weighted by atomic mass is 10.1. The van der Waals surface area contributed by atoms with E-state index in [2.05, 4.69) is 10.2 Å². The molecular weight excluding hydrogens is 386 g/mol. The van der Waals surface area contributed by atoms with E-state index in [1.807, 2.05) is 44.2 Å². The van der Waals surface area contributed by atoms with E-state index in [-0.39, 0.29) is 35.2 Å². The minimum absolute atomic E-state index is 0.0148. The highest BCUT2D eigenvalue weighted by atomic mass is 32.2. The van der Waals surface area contributed by atoms with Crippen molar-refractivity contribution in [1.82, 2.24) is 15.1 Å². The quantitative estimate of drug-likeness (QED) is 0.649. The lowest BCUT2D eigenvalue weighted by Gasteiger charge is -2.33. The van der Waals surface area contributed by atoms with Crippen molar-refractivity contribution in [2.24, 2.45) is 0 Å². The summed E-state index contributed by atoms with van der Waals surface area (Å²) in [4.78, 5) is 14.5. The number of thioether (sulfide) groups is 1. The molecule has 1 aliphatic rings. The molecule has 0 saturated carbocycles. The highest BCUT2D eigenvalue weighted by Gasteiger charge is 2.36. The maximum atomic E-state index is 12.8. The molecule has 2 heterocycles. The summed E-state index contributed by atoms with van der Waals surface area (Å²) in [6.45, 7) is 3.94. The summed E-state index contributed by atoms with van der Waals surface area (Å²) < 4.78 is 29.3. The van der Waals surface area contributed by atoms with Crippen molar-refractivity contribution in [1.29, 1.82) is 0 Å². The van der Waals surface area contributed by atoms with Gasteiger partial charge in [-0.2, -0.15) is 0 Å². The standard InChI is InChI=1S/C18H23N3O4S2/c1-3-13(2)21(15-9-10-27(23,24)12-15)16(22)11-26-18-20-19-17(25-18)14-7-5-4-6-8-14/h4-8,13,15H,3,9-12H2,1-2H3/t13-,15+/m0/s1. The van der Waals surface area contributed by atoms with Crippen LogP contribution in [0.15, 0.2) is 40.0 Å². The van der Waals surface area contributed by atoms with Crippen LogP contribution in [0, 0.1) is 0 Å². The molecule has 3 rings (SSSR count). The van der Waals surface area contributed by atoms with Gasteiger partial charge in [0, 0.05) is 17.6 Å². The molecule has 9 heteroatoms. The fraction of sp³-hybridized carbons (Fsp3) is 0.500. The van der Waals surface area contributed by atoms with Gasteiger partial charge in [-0.1, -0.05) is 36.9 Å². The normalized spacial score (nSPS) is 19.7. The minimum atomic E-state index is -3.05. The molecule has 146 valence electrons. The van der Waals surface area contributed by atoms with Gasteiger partial charge in [-0.15, -0.1) is 10.2 Å². The number of amides is 1.